The molecule has 6 nitrogen and oxygen atoms in total. The molecule has 4 rings (SSSR count). The van der Waals surface area contributed by atoms with Gasteiger partial charge >= 0.3 is 0 Å². The fraction of sp³-hybridized carbons (Fsp3) is 0.222. The summed E-state index contributed by atoms with van der Waals surface area (Å²) in [6.07, 6.45) is 5.42. The van der Waals surface area contributed by atoms with Crippen LogP contribution in [-0.4, -0.2) is 27.4 Å². The molecule has 2 aromatic heterocycles. The van der Waals surface area contributed by atoms with Crippen molar-refractivity contribution >= 4 is 5.69 Å². The highest BCUT2D eigenvalue weighted by Crippen LogP contribution is 2.33. The van der Waals surface area contributed by atoms with Crippen molar-refractivity contribution in [2.24, 2.45) is 12.8 Å². The summed E-state index contributed by atoms with van der Waals surface area (Å²) in [5, 5.41) is 7.58. The molecule has 0 fully saturated rings. The van der Waals surface area contributed by atoms with E-state index in [0.29, 0.717) is 12.4 Å². The lowest BCUT2D eigenvalue weighted by Crippen LogP contribution is -2.40. The molecule has 0 bridgehead atoms. The predicted octanol–water partition coefficient (Wildman–Crippen LogP) is 2.35. The fourth-order valence-electron chi connectivity index (χ4n) is 2.89. The topological polar surface area (TPSA) is 78.0 Å². The number of rotatable bonds is 3. The third kappa shape index (κ3) is 2.72. The Morgan fingerprint density at radius 1 is 1.25 bits per heavy atom. The minimum atomic E-state index is -0.202. The number of nitrogens with one attached hydrogen (secondary N) is 1. The van der Waals surface area contributed by atoms with Crippen molar-refractivity contribution in [2.45, 2.75) is 12.1 Å². The summed E-state index contributed by atoms with van der Waals surface area (Å²) in [4.78, 5) is 4.45. The molecule has 0 saturated heterocycles. The number of benzene rings is 1. The number of fused-ring (bicyclic) bond motifs is 1. The molecule has 3 heterocycles. The zero-order valence-corrected chi connectivity index (χ0v) is 13.4. The standard InChI is InChI=1S/C18H19N5O/c1-23-11-14(9-22-23)13-7-15-18(21-8-13)24-16(10-20-15)17(19)12-5-3-2-4-6-12/h2-9,11,16-17,20H,10,19H2,1H3/t16-,17-/m1/s1. The summed E-state index contributed by atoms with van der Waals surface area (Å²) >= 11 is 0. The van der Waals surface area contributed by atoms with Gasteiger partial charge in [0.2, 0.25) is 5.88 Å². The van der Waals surface area contributed by atoms with Crippen LogP contribution in [0.1, 0.15) is 11.6 Å². The molecule has 122 valence electrons. The Morgan fingerprint density at radius 3 is 2.83 bits per heavy atom. The lowest BCUT2D eigenvalue weighted by Gasteiger charge is -2.30. The van der Waals surface area contributed by atoms with Gasteiger partial charge in [-0.15, -0.1) is 0 Å². The predicted molar refractivity (Wildman–Crippen MR) is 92.7 cm³/mol. The van der Waals surface area contributed by atoms with Gasteiger partial charge in [0, 0.05) is 30.6 Å². The monoisotopic (exact) mass is 321 g/mol. The first-order valence-electron chi connectivity index (χ1n) is 7.91. The van der Waals surface area contributed by atoms with E-state index in [4.69, 9.17) is 10.5 Å². The highest BCUT2D eigenvalue weighted by molar-refractivity contribution is 5.69. The number of aryl methyl sites for hydroxylation is 1. The number of anilines is 1. The molecule has 1 aliphatic rings. The molecule has 0 spiro atoms. The molecule has 0 radical (unpaired) electrons. The molecule has 1 aromatic carbocycles. The SMILES string of the molecule is Cn1cc(-c2cnc3c(c2)NC[C@H]([C@H](N)c2ccccc2)O3)cn1. The van der Waals surface area contributed by atoms with Crippen molar-refractivity contribution in [3.8, 4) is 17.0 Å². The van der Waals surface area contributed by atoms with E-state index in [1.54, 1.807) is 10.9 Å². The van der Waals surface area contributed by atoms with Crippen molar-refractivity contribution < 1.29 is 4.74 Å². The lowest BCUT2D eigenvalue weighted by molar-refractivity contribution is 0.168. The van der Waals surface area contributed by atoms with Crippen LogP contribution in [-0.2, 0) is 7.05 Å². The van der Waals surface area contributed by atoms with E-state index in [9.17, 15) is 0 Å². The average molecular weight is 321 g/mol. The second-order valence-electron chi connectivity index (χ2n) is 5.95. The molecule has 3 aromatic rings. The highest BCUT2D eigenvalue weighted by Gasteiger charge is 2.27. The summed E-state index contributed by atoms with van der Waals surface area (Å²) in [5.41, 5.74) is 10.3. The lowest BCUT2D eigenvalue weighted by atomic mass is 10.0. The third-order valence-electron chi connectivity index (χ3n) is 4.23. The number of nitrogens with two attached hydrogens (primary N) is 1. The number of nitrogens with zero attached hydrogens (tertiary/aromatic N) is 3. The van der Waals surface area contributed by atoms with E-state index >= 15 is 0 Å². The van der Waals surface area contributed by atoms with E-state index < -0.39 is 0 Å². The number of ether oxygens (including phenoxy) is 1. The second kappa shape index (κ2) is 5.98. The van der Waals surface area contributed by atoms with Gasteiger partial charge in [-0.1, -0.05) is 30.3 Å². The Hall–Kier alpha value is -2.86. The van der Waals surface area contributed by atoms with Crippen LogP contribution in [0.25, 0.3) is 11.1 Å². The molecule has 1 aliphatic heterocycles. The minimum absolute atomic E-state index is 0.156. The number of hydrogen-bond donors (Lipinski definition) is 2. The molecule has 3 N–H and O–H groups in total. The van der Waals surface area contributed by atoms with Gasteiger partial charge in [-0.3, -0.25) is 4.68 Å². The fourth-order valence-corrected chi connectivity index (χ4v) is 2.89. The number of aromatic nitrogens is 3. The van der Waals surface area contributed by atoms with Gasteiger partial charge < -0.3 is 15.8 Å². The maximum absolute atomic E-state index is 6.35. The molecule has 2 atom stereocenters. The van der Waals surface area contributed by atoms with E-state index in [2.05, 4.69) is 15.4 Å². The Balaban J connectivity index is 1.56. The molecule has 0 saturated carbocycles. The van der Waals surface area contributed by atoms with Crippen LogP contribution in [0.15, 0.2) is 55.0 Å². The van der Waals surface area contributed by atoms with Gasteiger partial charge in [-0.2, -0.15) is 5.10 Å². The quantitative estimate of drug-likeness (QED) is 0.774. The number of hydrogen-bond acceptors (Lipinski definition) is 5. The zero-order valence-electron chi connectivity index (χ0n) is 13.4. The van der Waals surface area contributed by atoms with Gasteiger partial charge in [-0.05, 0) is 11.6 Å². The van der Waals surface area contributed by atoms with E-state index in [-0.39, 0.29) is 12.1 Å². The molecule has 0 aliphatic carbocycles. The van der Waals surface area contributed by atoms with Crippen molar-refractivity contribution in [1.82, 2.24) is 14.8 Å². The highest BCUT2D eigenvalue weighted by atomic mass is 16.5. The Morgan fingerprint density at radius 2 is 2.08 bits per heavy atom. The molecular formula is C18H19N5O. The van der Waals surface area contributed by atoms with Crippen molar-refractivity contribution in [3.05, 3.63) is 60.6 Å². The number of pyridine rings is 1. The molecule has 6 heteroatoms. The van der Waals surface area contributed by atoms with E-state index in [0.717, 1.165) is 22.4 Å². The average Bonchev–Trinajstić information content (AvgIpc) is 3.07. The Labute approximate surface area is 140 Å². The largest absolute Gasteiger partial charge is 0.469 e. The van der Waals surface area contributed by atoms with Gasteiger partial charge in [-0.25, -0.2) is 4.98 Å². The van der Waals surface area contributed by atoms with Crippen molar-refractivity contribution in [2.75, 3.05) is 11.9 Å². The first-order valence-corrected chi connectivity index (χ1v) is 7.91. The summed E-state index contributed by atoms with van der Waals surface area (Å²) < 4.78 is 7.80. The van der Waals surface area contributed by atoms with Crippen LogP contribution < -0.4 is 15.8 Å². The van der Waals surface area contributed by atoms with Crippen LogP contribution in [0.4, 0.5) is 5.69 Å². The maximum atomic E-state index is 6.35. The van der Waals surface area contributed by atoms with Crippen molar-refractivity contribution in [1.29, 1.82) is 0 Å². The Kier molecular flexibility index (Phi) is 3.66. The van der Waals surface area contributed by atoms with Gasteiger partial charge in [0.15, 0.2) is 0 Å². The maximum Gasteiger partial charge on any atom is 0.237 e. The zero-order chi connectivity index (χ0) is 16.5. The first-order chi connectivity index (χ1) is 11.7. The van der Waals surface area contributed by atoms with E-state index in [1.807, 2.05) is 55.8 Å². The van der Waals surface area contributed by atoms with Crippen LogP contribution in [0.3, 0.4) is 0 Å². The van der Waals surface area contributed by atoms with Gasteiger partial charge in [0.05, 0.1) is 24.5 Å². The van der Waals surface area contributed by atoms with Gasteiger partial charge in [0.25, 0.3) is 0 Å². The van der Waals surface area contributed by atoms with Crippen LogP contribution in [0.5, 0.6) is 5.88 Å². The van der Waals surface area contributed by atoms with Crippen LogP contribution in [0.2, 0.25) is 0 Å². The van der Waals surface area contributed by atoms with Crippen LogP contribution in [0, 0.1) is 0 Å². The van der Waals surface area contributed by atoms with Crippen LogP contribution >= 0.6 is 0 Å². The summed E-state index contributed by atoms with van der Waals surface area (Å²) in [7, 11) is 1.90. The summed E-state index contributed by atoms with van der Waals surface area (Å²) in [5.74, 6) is 0.588. The van der Waals surface area contributed by atoms with Gasteiger partial charge in [0.1, 0.15) is 6.10 Å². The normalized spacial score (nSPS) is 17.5. The summed E-state index contributed by atoms with van der Waals surface area (Å²) in [6.45, 7) is 0.640. The molecule has 0 amide bonds. The van der Waals surface area contributed by atoms with E-state index in [1.165, 1.54) is 0 Å². The first kappa shape index (κ1) is 14.7. The van der Waals surface area contributed by atoms with Crippen molar-refractivity contribution in [3.63, 3.8) is 0 Å². The summed E-state index contributed by atoms with van der Waals surface area (Å²) in [6, 6.07) is 11.8. The minimum Gasteiger partial charge on any atom is -0.469 e. The third-order valence-corrected chi connectivity index (χ3v) is 4.23. The molecule has 24 heavy (non-hydrogen) atoms. The smallest absolute Gasteiger partial charge is 0.237 e. The molecule has 0 unspecified atom stereocenters. The second-order valence-corrected chi connectivity index (χ2v) is 5.95. The Bertz CT molecular complexity index is 846. The molecular weight excluding hydrogens is 302 g/mol.